The molecule has 2 rings (SSSR count). The Morgan fingerprint density at radius 3 is 2.26 bits per heavy atom. The fourth-order valence-corrected chi connectivity index (χ4v) is 2.94. The molecule has 0 bridgehead atoms. The van der Waals surface area contributed by atoms with Crippen LogP contribution in [0.4, 0.5) is 5.69 Å². The van der Waals surface area contributed by atoms with Crippen molar-refractivity contribution in [1.82, 2.24) is 0 Å². The first-order valence-electron chi connectivity index (χ1n) is 7.23. The van der Waals surface area contributed by atoms with Crippen LogP contribution >= 0.6 is 15.9 Å². The summed E-state index contributed by atoms with van der Waals surface area (Å²) in [5.41, 5.74) is 1.90. The fraction of sp³-hybridized carbons (Fsp3) is 0.278. The third-order valence-corrected chi connectivity index (χ3v) is 4.32. The summed E-state index contributed by atoms with van der Waals surface area (Å²) in [5.74, 6) is 1.05. The molecule has 0 aliphatic heterocycles. The van der Waals surface area contributed by atoms with E-state index in [9.17, 15) is 5.26 Å². The highest BCUT2D eigenvalue weighted by Crippen LogP contribution is 2.39. The van der Waals surface area contributed by atoms with Crippen molar-refractivity contribution in [2.24, 2.45) is 5.92 Å². The molecule has 0 aliphatic carbocycles. The van der Waals surface area contributed by atoms with Crippen molar-refractivity contribution >= 4 is 21.6 Å². The van der Waals surface area contributed by atoms with Crippen molar-refractivity contribution in [3.63, 3.8) is 0 Å². The predicted molar refractivity (Wildman–Crippen MR) is 94.8 cm³/mol. The average molecular weight is 375 g/mol. The highest BCUT2D eigenvalue weighted by molar-refractivity contribution is 9.10. The van der Waals surface area contributed by atoms with Gasteiger partial charge >= 0.3 is 0 Å². The van der Waals surface area contributed by atoms with Gasteiger partial charge in [0, 0.05) is 10.2 Å². The van der Waals surface area contributed by atoms with Crippen molar-refractivity contribution < 1.29 is 9.47 Å². The standard InChI is InChI=1S/C18H19BrN2O2/c1-12(11-20)18(21-13-7-5-4-6-8-13)14-9-16(22-2)17(23-3)10-15(14)19/h4-10,12,18,21H,1-3H3/t12-,18-/m0/s1. The zero-order valence-electron chi connectivity index (χ0n) is 13.3. The van der Waals surface area contributed by atoms with Crippen LogP contribution in [0.1, 0.15) is 18.5 Å². The van der Waals surface area contributed by atoms with Gasteiger partial charge < -0.3 is 14.8 Å². The van der Waals surface area contributed by atoms with Crippen LogP contribution in [0, 0.1) is 17.2 Å². The Morgan fingerprint density at radius 2 is 1.70 bits per heavy atom. The van der Waals surface area contributed by atoms with Crippen LogP contribution in [0.5, 0.6) is 11.5 Å². The topological polar surface area (TPSA) is 54.3 Å². The molecule has 0 unspecified atom stereocenters. The maximum atomic E-state index is 9.40. The van der Waals surface area contributed by atoms with Gasteiger partial charge in [-0.25, -0.2) is 0 Å². The van der Waals surface area contributed by atoms with E-state index in [4.69, 9.17) is 9.47 Å². The Hall–Kier alpha value is -2.19. The molecule has 0 spiro atoms. The number of nitrogens with one attached hydrogen (secondary N) is 1. The van der Waals surface area contributed by atoms with E-state index in [1.807, 2.05) is 49.4 Å². The molecule has 1 N–H and O–H groups in total. The molecule has 0 radical (unpaired) electrons. The molecule has 5 heteroatoms. The number of ether oxygens (including phenoxy) is 2. The molecule has 0 saturated carbocycles. The average Bonchev–Trinajstić information content (AvgIpc) is 2.59. The van der Waals surface area contributed by atoms with E-state index in [1.54, 1.807) is 14.2 Å². The maximum Gasteiger partial charge on any atom is 0.161 e. The van der Waals surface area contributed by atoms with Crippen LogP contribution in [-0.4, -0.2) is 14.2 Å². The number of hydrogen-bond donors (Lipinski definition) is 1. The van der Waals surface area contributed by atoms with Gasteiger partial charge in [-0.3, -0.25) is 0 Å². The van der Waals surface area contributed by atoms with Crippen LogP contribution in [0.25, 0.3) is 0 Å². The second-order valence-corrected chi connectivity index (χ2v) is 5.99. The molecule has 0 saturated heterocycles. The molecule has 2 aromatic carbocycles. The smallest absolute Gasteiger partial charge is 0.161 e. The predicted octanol–water partition coefficient (Wildman–Crippen LogP) is 4.78. The highest BCUT2D eigenvalue weighted by atomic mass is 79.9. The Bertz CT molecular complexity index is 698. The molecule has 0 aromatic heterocycles. The fourth-order valence-electron chi connectivity index (χ4n) is 2.37. The number of nitriles is 1. The monoisotopic (exact) mass is 374 g/mol. The second kappa shape index (κ2) is 7.89. The zero-order chi connectivity index (χ0) is 16.8. The molecule has 2 atom stereocenters. The number of para-hydroxylation sites is 1. The highest BCUT2D eigenvalue weighted by Gasteiger charge is 2.23. The lowest BCUT2D eigenvalue weighted by atomic mass is 9.94. The van der Waals surface area contributed by atoms with Gasteiger partial charge in [0.2, 0.25) is 0 Å². The zero-order valence-corrected chi connectivity index (χ0v) is 14.9. The van der Waals surface area contributed by atoms with Crippen LogP contribution < -0.4 is 14.8 Å². The number of hydrogen-bond acceptors (Lipinski definition) is 4. The number of benzene rings is 2. The third kappa shape index (κ3) is 3.96. The SMILES string of the molecule is COc1cc(Br)c([C@@H](Nc2ccccc2)[C@@H](C)C#N)cc1OC. The molecular formula is C18H19BrN2O2. The first-order valence-corrected chi connectivity index (χ1v) is 8.02. The van der Waals surface area contributed by atoms with Gasteiger partial charge in [0.25, 0.3) is 0 Å². The maximum absolute atomic E-state index is 9.40. The minimum atomic E-state index is -0.232. The van der Waals surface area contributed by atoms with Gasteiger partial charge in [-0.1, -0.05) is 34.1 Å². The molecule has 2 aromatic rings. The quantitative estimate of drug-likeness (QED) is 0.790. The van der Waals surface area contributed by atoms with E-state index >= 15 is 0 Å². The number of rotatable bonds is 6. The summed E-state index contributed by atoms with van der Waals surface area (Å²) in [6.07, 6.45) is 0. The summed E-state index contributed by atoms with van der Waals surface area (Å²) in [7, 11) is 3.20. The molecule has 0 aliphatic rings. The number of anilines is 1. The molecule has 0 heterocycles. The van der Waals surface area contributed by atoms with Gasteiger partial charge in [-0.05, 0) is 36.8 Å². The van der Waals surface area contributed by atoms with Gasteiger partial charge in [0.1, 0.15) is 0 Å². The molecule has 4 nitrogen and oxygen atoms in total. The number of halogens is 1. The van der Waals surface area contributed by atoms with E-state index in [1.165, 1.54) is 0 Å². The molecule has 120 valence electrons. The van der Waals surface area contributed by atoms with E-state index in [0.29, 0.717) is 11.5 Å². The molecule has 23 heavy (non-hydrogen) atoms. The number of nitrogens with zero attached hydrogens (tertiary/aromatic N) is 1. The largest absolute Gasteiger partial charge is 0.493 e. The molecule has 0 fully saturated rings. The van der Waals surface area contributed by atoms with E-state index in [2.05, 4.69) is 27.3 Å². The lowest BCUT2D eigenvalue weighted by molar-refractivity contribution is 0.353. The van der Waals surface area contributed by atoms with Crippen molar-refractivity contribution in [3.8, 4) is 17.6 Å². The lowest BCUT2D eigenvalue weighted by Gasteiger charge is -2.24. The van der Waals surface area contributed by atoms with E-state index < -0.39 is 0 Å². The summed E-state index contributed by atoms with van der Waals surface area (Å²) in [6, 6.07) is 15.7. The van der Waals surface area contributed by atoms with Crippen molar-refractivity contribution in [2.75, 3.05) is 19.5 Å². The van der Waals surface area contributed by atoms with Crippen LogP contribution in [0.15, 0.2) is 46.9 Å². The molecular weight excluding hydrogens is 356 g/mol. The first kappa shape index (κ1) is 17.2. The normalized spacial score (nSPS) is 12.8. The Kier molecular flexibility index (Phi) is 5.89. The molecule has 0 amide bonds. The van der Waals surface area contributed by atoms with Gasteiger partial charge in [0.05, 0.1) is 32.2 Å². The Labute approximate surface area is 145 Å². The van der Waals surface area contributed by atoms with E-state index in [-0.39, 0.29) is 12.0 Å². The Morgan fingerprint density at radius 1 is 1.09 bits per heavy atom. The number of methoxy groups -OCH3 is 2. The van der Waals surface area contributed by atoms with Crippen molar-refractivity contribution in [2.45, 2.75) is 13.0 Å². The van der Waals surface area contributed by atoms with Crippen molar-refractivity contribution in [1.29, 1.82) is 5.26 Å². The van der Waals surface area contributed by atoms with E-state index in [0.717, 1.165) is 15.7 Å². The summed E-state index contributed by atoms with van der Waals surface area (Å²) in [5, 5.41) is 12.8. The van der Waals surface area contributed by atoms with Crippen LogP contribution in [-0.2, 0) is 0 Å². The van der Waals surface area contributed by atoms with Crippen molar-refractivity contribution in [3.05, 3.63) is 52.5 Å². The summed E-state index contributed by atoms with van der Waals surface area (Å²) < 4.78 is 11.6. The Balaban J connectivity index is 2.45. The lowest BCUT2D eigenvalue weighted by Crippen LogP contribution is -2.18. The van der Waals surface area contributed by atoms with Gasteiger partial charge in [-0.15, -0.1) is 0 Å². The van der Waals surface area contributed by atoms with Crippen LogP contribution in [0.2, 0.25) is 0 Å². The minimum absolute atomic E-state index is 0.184. The summed E-state index contributed by atoms with van der Waals surface area (Å²) in [6.45, 7) is 1.89. The van der Waals surface area contributed by atoms with Gasteiger partial charge in [0.15, 0.2) is 11.5 Å². The summed E-state index contributed by atoms with van der Waals surface area (Å²) in [4.78, 5) is 0. The van der Waals surface area contributed by atoms with Gasteiger partial charge in [-0.2, -0.15) is 5.26 Å². The first-order chi connectivity index (χ1) is 11.1. The third-order valence-electron chi connectivity index (χ3n) is 3.64. The summed E-state index contributed by atoms with van der Waals surface area (Å²) >= 11 is 3.58. The second-order valence-electron chi connectivity index (χ2n) is 5.13. The minimum Gasteiger partial charge on any atom is -0.493 e. The van der Waals surface area contributed by atoms with Crippen LogP contribution in [0.3, 0.4) is 0 Å².